The fourth-order valence-corrected chi connectivity index (χ4v) is 3.58. The lowest BCUT2D eigenvalue weighted by atomic mass is 10.0. The van der Waals surface area contributed by atoms with Gasteiger partial charge in [0.2, 0.25) is 0 Å². The van der Waals surface area contributed by atoms with Gasteiger partial charge in [0.1, 0.15) is 0 Å². The molecule has 0 bridgehead atoms. The van der Waals surface area contributed by atoms with Crippen molar-refractivity contribution in [3.05, 3.63) is 0 Å². The molecule has 0 radical (unpaired) electrons. The van der Waals surface area contributed by atoms with Crippen LogP contribution >= 0.6 is 0 Å². The Labute approximate surface area is 104 Å². The summed E-state index contributed by atoms with van der Waals surface area (Å²) in [5.41, 5.74) is -0.0320. The van der Waals surface area contributed by atoms with Gasteiger partial charge in [-0.15, -0.1) is 0 Å². The smallest absolute Gasteiger partial charge is 0.279 e. The maximum atomic E-state index is 12.0. The molecule has 0 aromatic carbocycles. The molecule has 0 spiro atoms. The third-order valence-corrected chi connectivity index (χ3v) is 5.87. The van der Waals surface area contributed by atoms with Gasteiger partial charge in [-0.2, -0.15) is 17.4 Å². The Morgan fingerprint density at radius 2 is 1.71 bits per heavy atom. The summed E-state index contributed by atoms with van der Waals surface area (Å²) in [7, 11) is -1.91. The molecule has 0 heterocycles. The monoisotopic (exact) mass is 264 g/mol. The Bertz CT molecular complexity index is 362. The minimum atomic E-state index is -3.44. The molecule has 1 rings (SSSR count). The molecule has 1 fully saturated rings. The highest BCUT2D eigenvalue weighted by Crippen LogP contribution is 2.62. The largest absolute Gasteiger partial charge is 0.396 e. The van der Waals surface area contributed by atoms with E-state index in [2.05, 4.69) is 32.4 Å². The van der Waals surface area contributed by atoms with E-state index in [9.17, 15) is 8.42 Å². The van der Waals surface area contributed by atoms with Crippen molar-refractivity contribution < 1.29 is 13.5 Å². The van der Waals surface area contributed by atoms with Crippen LogP contribution in [0, 0.1) is 10.8 Å². The Morgan fingerprint density at radius 3 is 2.06 bits per heavy atom. The summed E-state index contributed by atoms with van der Waals surface area (Å²) in [5.74, 6) is 0. The van der Waals surface area contributed by atoms with Crippen LogP contribution in [0.15, 0.2) is 0 Å². The molecule has 2 N–H and O–H groups in total. The average Bonchev–Trinajstić information content (AvgIpc) is 2.57. The van der Waals surface area contributed by atoms with E-state index in [4.69, 9.17) is 5.11 Å². The molecule has 0 aromatic rings. The van der Waals surface area contributed by atoms with Crippen molar-refractivity contribution in [2.24, 2.45) is 10.8 Å². The van der Waals surface area contributed by atoms with E-state index in [0.717, 1.165) is 0 Å². The number of nitrogens with one attached hydrogen (secondary N) is 1. The van der Waals surface area contributed by atoms with Gasteiger partial charge in [-0.3, -0.25) is 0 Å². The molecule has 5 nitrogen and oxygen atoms in total. The molecule has 0 atom stereocenters. The molecule has 0 unspecified atom stereocenters. The van der Waals surface area contributed by atoms with Gasteiger partial charge in [-0.25, -0.2) is 0 Å². The first kappa shape index (κ1) is 14.9. The summed E-state index contributed by atoms with van der Waals surface area (Å²) in [4.78, 5) is 0. The minimum Gasteiger partial charge on any atom is -0.396 e. The van der Waals surface area contributed by atoms with Crippen LogP contribution in [0.4, 0.5) is 0 Å². The molecular weight excluding hydrogens is 240 g/mol. The van der Waals surface area contributed by atoms with Crippen LogP contribution in [-0.2, 0) is 10.2 Å². The van der Waals surface area contributed by atoms with Crippen molar-refractivity contribution >= 4 is 10.2 Å². The zero-order chi connectivity index (χ0) is 13.5. The second-order valence-electron chi connectivity index (χ2n) is 5.90. The Morgan fingerprint density at radius 1 is 1.24 bits per heavy atom. The normalized spacial score (nSPS) is 23.0. The topological polar surface area (TPSA) is 69.6 Å². The van der Waals surface area contributed by atoms with Crippen LogP contribution in [-0.4, -0.2) is 44.1 Å². The average molecular weight is 264 g/mol. The van der Waals surface area contributed by atoms with Crippen molar-refractivity contribution in [1.29, 1.82) is 0 Å². The second kappa shape index (κ2) is 4.50. The first-order valence-electron chi connectivity index (χ1n) is 5.92. The lowest BCUT2D eigenvalue weighted by molar-refractivity contribution is 0.275. The van der Waals surface area contributed by atoms with Gasteiger partial charge < -0.3 is 5.11 Å². The van der Waals surface area contributed by atoms with E-state index in [0.29, 0.717) is 13.0 Å². The summed E-state index contributed by atoms with van der Waals surface area (Å²) in [6.07, 6.45) is 0.453. The summed E-state index contributed by atoms with van der Waals surface area (Å²) in [6, 6.07) is -0.0309. The number of hydrogen-bond donors (Lipinski definition) is 2. The van der Waals surface area contributed by atoms with Crippen LogP contribution in [0.5, 0.6) is 0 Å². The van der Waals surface area contributed by atoms with E-state index < -0.39 is 10.2 Å². The number of rotatable bonds is 6. The number of nitrogens with zero attached hydrogens (tertiary/aromatic N) is 1. The molecule has 102 valence electrons. The van der Waals surface area contributed by atoms with Crippen LogP contribution in [0.1, 0.15) is 34.1 Å². The zero-order valence-corrected chi connectivity index (χ0v) is 12.1. The van der Waals surface area contributed by atoms with Gasteiger partial charge in [0.05, 0.1) is 0 Å². The maximum absolute atomic E-state index is 12.0. The Hall–Kier alpha value is -0.170. The number of aliphatic hydroxyl groups is 1. The molecule has 1 saturated carbocycles. The molecule has 17 heavy (non-hydrogen) atoms. The van der Waals surface area contributed by atoms with Crippen LogP contribution in [0.3, 0.4) is 0 Å². The highest BCUT2D eigenvalue weighted by molar-refractivity contribution is 7.87. The van der Waals surface area contributed by atoms with Gasteiger partial charge in [0.15, 0.2) is 0 Å². The van der Waals surface area contributed by atoms with Crippen molar-refractivity contribution in [3.8, 4) is 0 Å². The fraction of sp³-hybridized carbons (Fsp3) is 1.00. The van der Waals surface area contributed by atoms with Crippen molar-refractivity contribution in [3.63, 3.8) is 0 Å². The first-order valence-corrected chi connectivity index (χ1v) is 7.36. The van der Waals surface area contributed by atoms with E-state index in [1.54, 1.807) is 0 Å². The lowest BCUT2D eigenvalue weighted by Crippen LogP contribution is -2.41. The number of hydrogen-bond acceptors (Lipinski definition) is 3. The van der Waals surface area contributed by atoms with E-state index in [1.807, 2.05) is 0 Å². The highest BCUT2D eigenvalue weighted by atomic mass is 32.2. The molecule has 0 saturated heterocycles. The van der Waals surface area contributed by atoms with E-state index in [-0.39, 0.29) is 23.5 Å². The molecule has 6 heteroatoms. The summed E-state index contributed by atoms with van der Waals surface area (Å²) >= 11 is 0. The Kier molecular flexibility index (Phi) is 3.94. The van der Waals surface area contributed by atoms with Crippen molar-refractivity contribution in [2.75, 3.05) is 20.2 Å². The molecular formula is C11H24N2O3S. The van der Waals surface area contributed by atoms with Gasteiger partial charge >= 0.3 is 0 Å². The Balaban J connectivity index is 2.64. The molecule has 0 aromatic heterocycles. The fourth-order valence-electron chi connectivity index (χ4n) is 2.14. The summed E-state index contributed by atoms with van der Waals surface area (Å²) < 4.78 is 28.0. The quantitative estimate of drug-likeness (QED) is 0.737. The predicted molar refractivity (Wildman–Crippen MR) is 67.7 cm³/mol. The van der Waals surface area contributed by atoms with Crippen LogP contribution < -0.4 is 4.72 Å². The minimum absolute atomic E-state index is 0.000273. The first-order chi connectivity index (χ1) is 7.57. The standard InChI is InChI=1S/C11H24N2O3S/c1-10(2)9(11(10,3)4)12-17(15,16)13(5)7-6-8-14/h9,12,14H,6-8H2,1-5H3. The SMILES string of the molecule is CN(CCCO)S(=O)(=O)NC1C(C)(C)C1(C)C. The van der Waals surface area contributed by atoms with Gasteiger partial charge in [-0.05, 0) is 17.3 Å². The second-order valence-corrected chi connectivity index (χ2v) is 7.71. The molecule has 0 amide bonds. The maximum Gasteiger partial charge on any atom is 0.279 e. The van der Waals surface area contributed by atoms with Crippen LogP contribution in [0.2, 0.25) is 0 Å². The van der Waals surface area contributed by atoms with Crippen molar-refractivity contribution in [2.45, 2.75) is 40.2 Å². The predicted octanol–water partition coefficient (Wildman–Crippen LogP) is 0.570. The molecule has 1 aliphatic rings. The molecule has 0 aliphatic heterocycles. The van der Waals surface area contributed by atoms with Gasteiger partial charge in [-0.1, -0.05) is 27.7 Å². The van der Waals surface area contributed by atoms with E-state index in [1.165, 1.54) is 11.4 Å². The van der Waals surface area contributed by atoms with Crippen molar-refractivity contribution in [1.82, 2.24) is 9.03 Å². The lowest BCUT2D eigenvalue weighted by Gasteiger charge is -2.18. The summed E-state index contributed by atoms with van der Waals surface area (Å²) in [6.45, 7) is 8.59. The van der Waals surface area contributed by atoms with Gasteiger partial charge in [0, 0.05) is 26.2 Å². The van der Waals surface area contributed by atoms with Gasteiger partial charge in [0.25, 0.3) is 10.2 Å². The zero-order valence-electron chi connectivity index (χ0n) is 11.3. The third kappa shape index (κ3) is 2.65. The summed E-state index contributed by atoms with van der Waals surface area (Å²) in [5, 5.41) is 8.70. The number of aliphatic hydroxyl groups excluding tert-OH is 1. The molecule has 1 aliphatic carbocycles. The third-order valence-electron chi connectivity index (χ3n) is 4.33. The van der Waals surface area contributed by atoms with Crippen LogP contribution in [0.25, 0.3) is 0 Å². The highest BCUT2D eigenvalue weighted by Gasteiger charge is 2.66. The van der Waals surface area contributed by atoms with E-state index >= 15 is 0 Å².